The van der Waals surface area contributed by atoms with Crippen molar-refractivity contribution in [2.24, 2.45) is 0 Å². The lowest BCUT2D eigenvalue weighted by Gasteiger charge is -2.07. The Morgan fingerprint density at radius 1 is 1.21 bits per heavy atom. The van der Waals surface area contributed by atoms with Crippen LogP contribution in [0.25, 0.3) is 0 Å². The highest BCUT2D eigenvalue weighted by Gasteiger charge is 2.32. The number of alkyl halides is 3. The molecule has 0 aliphatic carbocycles. The summed E-state index contributed by atoms with van der Waals surface area (Å²) >= 11 is 0.855. The minimum Gasteiger partial charge on any atom is -0.325 e. The Morgan fingerprint density at radius 2 is 1.92 bits per heavy atom. The molecule has 0 atom stereocenters. The number of carbonyl (C=O) groups excluding carboxylic acids is 1. The molecule has 1 heterocycles. The number of amides is 1. The van der Waals surface area contributed by atoms with Crippen LogP contribution in [0.15, 0.2) is 41.7 Å². The SMILES string of the molecule is CCCc1ccc(NC(=O)CSc2nccc(C(F)(F)F)n2)cc1. The van der Waals surface area contributed by atoms with Gasteiger partial charge in [-0.15, -0.1) is 0 Å². The lowest BCUT2D eigenvalue weighted by Crippen LogP contribution is -2.15. The Bertz CT molecular complexity index is 690. The molecule has 0 radical (unpaired) electrons. The molecule has 128 valence electrons. The number of thioether (sulfide) groups is 1. The van der Waals surface area contributed by atoms with Gasteiger partial charge in [0.1, 0.15) is 5.69 Å². The summed E-state index contributed by atoms with van der Waals surface area (Å²) in [5.74, 6) is -0.401. The van der Waals surface area contributed by atoms with E-state index >= 15 is 0 Å². The van der Waals surface area contributed by atoms with E-state index < -0.39 is 11.9 Å². The number of nitrogens with one attached hydrogen (secondary N) is 1. The van der Waals surface area contributed by atoms with E-state index in [1.807, 2.05) is 12.1 Å². The van der Waals surface area contributed by atoms with Gasteiger partial charge in [0.05, 0.1) is 5.75 Å². The Kier molecular flexibility index (Phi) is 6.19. The van der Waals surface area contributed by atoms with Gasteiger partial charge in [0.2, 0.25) is 5.91 Å². The summed E-state index contributed by atoms with van der Waals surface area (Å²) in [4.78, 5) is 19.0. The van der Waals surface area contributed by atoms with Crippen molar-refractivity contribution in [3.63, 3.8) is 0 Å². The van der Waals surface area contributed by atoms with Crippen molar-refractivity contribution in [2.75, 3.05) is 11.1 Å². The summed E-state index contributed by atoms with van der Waals surface area (Å²) in [5.41, 5.74) is 0.805. The van der Waals surface area contributed by atoms with Gasteiger partial charge < -0.3 is 5.32 Å². The number of hydrogen-bond donors (Lipinski definition) is 1. The van der Waals surface area contributed by atoms with Gasteiger partial charge in [0.25, 0.3) is 0 Å². The van der Waals surface area contributed by atoms with Gasteiger partial charge >= 0.3 is 6.18 Å². The molecule has 1 amide bonds. The van der Waals surface area contributed by atoms with Crippen molar-refractivity contribution in [3.05, 3.63) is 47.8 Å². The molecule has 0 aliphatic rings. The average molecular weight is 355 g/mol. The van der Waals surface area contributed by atoms with Crippen molar-refractivity contribution >= 4 is 23.4 Å². The zero-order valence-corrected chi connectivity index (χ0v) is 13.7. The van der Waals surface area contributed by atoms with E-state index in [0.29, 0.717) is 5.69 Å². The van der Waals surface area contributed by atoms with E-state index in [9.17, 15) is 18.0 Å². The number of halogens is 3. The van der Waals surface area contributed by atoms with Crippen LogP contribution in [0.5, 0.6) is 0 Å². The number of anilines is 1. The Morgan fingerprint density at radius 3 is 2.54 bits per heavy atom. The second kappa shape index (κ2) is 8.14. The lowest BCUT2D eigenvalue weighted by atomic mass is 10.1. The topological polar surface area (TPSA) is 54.9 Å². The van der Waals surface area contributed by atoms with Crippen LogP contribution < -0.4 is 5.32 Å². The first-order valence-electron chi connectivity index (χ1n) is 7.30. The van der Waals surface area contributed by atoms with Gasteiger partial charge in [0.15, 0.2) is 5.16 Å². The normalized spacial score (nSPS) is 11.3. The van der Waals surface area contributed by atoms with Gasteiger partial charge in [-0.1, -0.05) is 37.2 Å². The minimum absolute atomic E-state index is 0.0714. The molecular weight excluding hydrogens is 339 g/mol. The fourth-order valence-corrected chi connectivity index (χ4v) is 2.57. The van der Waals surface area contributed by atoms with Crippen LogP contribution in [0.2, 0.25) is 0 Å². The molecule has 0 bridgehead atoms. The van der Waals surface area contributed by atoms with Crippen LogP contribution in [-0.4, -0.2) is 21.6 Å². The first-order chi connectivity index (χ1) is 11.4. The molecule has 1 N–H and O–H groups in total. The summed E-state index contributed by atoms with van der Waals surface area (Å²) in [7, 11) is 0. The highest BCUT2D eigenvalue weighted by Crippen LogP contribution is 2.28. The predicted molar refractivity (Wildman–Crippen MR) is 86.8 cm³/mol. The number of hydrogen-bond acceptors (Lipinski definition) is 4. The van der Waals surface area contributed by atoms with Crippen LogP contribution in [0.1, 0.15) is 24.6 Å². The van der Waals surface area contributed by atoms with E-state index in [0.717, 1.165) is 36.9 Å². The van der Waals surface area contributed by atoms with Crippen LogP contribution >= 0.6 is 11.8 Å². The van der Waals surface area contributed by atoms with E-state index in [1.54, 1.807) is 12.1 Å². The maximum Gasteiger partial charge on any atom is 0.433 e. The largest absolute Gasteiger partial charge is 0.433 e. The molecule has 0 saturated carbocycles. The molecule has 24 heavy (non-hydrogen) atoms. The Labute approximate surface area is 141 Å². The summed E-state index contributed by atoms with van der Waals surface area (Å²) in [6.07, 6.45) is -1.49. The summed E-state index contributed by atoms with van der Waals surface area (Å²) in [5, 5.41) is 2.60. The fourth-order valence-electron chi connectivity index (χ4n) is 1.94. The third-order valence-corrected chi connectivity index (χ3v) is 3.89. The van der Waals surface area contributed by atoms with E-state index in [1.165, 1.54) is 5.56 Å². The van der Waals surface area contributed by atoms with Crippen molar-refractivity contribution in [1.29, 1.82) is 0 Å². The number of aromatic nitrogens is 2. The number of nitrogens with zero attached hydrogens (tertiary/aromatic N) is 2. The predicted octanol–water partition coefficient (Wildman–Crippen LogP) is 4.18. The van der Waals surface area contributed by atoms with Crippen LogP contribution in [0.4, 0.5) is 18.9 Å². The van der Waals surface area contributed by atoms with E-state index in [-0.39, 0.29) is 16.8 Å². The zero-order chi connectivity index (χ0) is 17.6. The average Bonchev–Trinajstić information content (AvgIpc) is 2.55. The van der Waals surface area contributed by atoms with Crippen molar-refractivity contribution in [3.8, 4) is 0 Å². The summed E-state index contributed by atoms with van der Waals surface area (Å²) in [6, 6.07) is 8.26. The number of carbonyl (C=O) groups is 1. The number of aryl methyl sites for hydroxylation is 1. The minimum atomic E-state index is -4.53. The van der Waals surface area contributed by atoms with Gasteiger partial charge in [0, 0.05) is 11.9 Å². The molecule has 1 aromatic heterocycles. The molecular formula is C16H16F3N3OS. The smallest absolute Gasteiger partial charge is 0.325 e. The van der Waals surface area contributed by atoms with Gasteiger partial charge in [-0.3, -0.25) is 4.79 Å². The third-order valence-electron chi connectivity index (χ3n) is 3.03. The monoisotopic (exact) mass is 355 g/mol. The second-order valence-corrected chi connectivity index (χ2v) is 5.95. The van der Waals surface area contributed by atoms with Crippen LogP contribution in [0, 0.1) is 0 Å². The lowest BCUT2D eigenvalue weighted by molar-refractivity contribution is -0.141. The standard InChI is InChI=1S/C16H16F3N3OS/c1-2-3-11-4-6-12(7-5-11)21-14(23)10-24-15-20-9-8-13(22-15)16(17,18)19/h4-9H,2-3,10H2,1H3,(H,21,23). The fraction of sp³-hybridized carbons (Fsp3) is 0.312. The third kappa shape index (κ3) is 5.52. The molecule has 0 saturated heterocycles. The Balaban J connectivity index is 1.89. The highest BCUT2D eigenvalue weighted by atomic mass is 32.2. The molecule has 2 aromatic rings. The van der Waals surface area contributed by atoms with Crippen molar-refractivity contribution in [1.82, 2.24) is 9.97 Å². The summed E-state index contributed by atoms with van der Waals surface area (Å²) in [6.45, 7) is 2.09. The van der Waals surface area contributed by atoms with Gasteiger partial charge in [-0.25, -0.2) is 9.97 Å². The number of benzene rings is 1. The first kappa shape index (κ1) is 18.3. The molecule has 4 nitrogen and oxygen atoms in total. The maximum atomic E-state index is 12.6. The highest BCUT2D eigenvalue weighted by molar-refractivity contribution is 7.99. The second-order valence-electron chi connectivity index (χ2n) is 5.01. The van der Waals surface area contributed by atoms with Crippen LogP contribution in [0.3, 0.4) is 0 Å². The molecule has 2 rings (SSSR count). The molecule has 0 aliphatic heterocycles. The van der Waals surface area contributed by atoms with E-state index in [4.69, 9.17) is 0 Å². The maximum absolute atomic E-state index is 12.6. The Hall–Kier alpha value is -2.09. The summed E-state index contributed by atoms with van der Waals surface area (Å²) < 4.78 is 37.7. The van der Waals surface area contributed by atoms with Gasteiger partial charge in [-0.2, -0.15) is 13.2 Å². The van der Waals surface area contributed by atoms with Gasteiger partial charge in [-0.05, 0) is 30.2 Å². The molecule has 0 fully saturated rings. The first-order valence-corrected chi connectivity index (χ1v) is 8.29. The molecule has 1 aromatic carbocycles. The van der Waals surface area contributed by atoms with E-state index in [2.05, 4.69) is 22.2 Å². The zero-order valence-electron chi connectivity index (χ0n) is 12.9. The van der Waals surface area contributed by atoms with Crippen LogP contribution in [-0.2, 0) is 17.4 Å². The quantitative estimate of drug-likeness (QED) is 0.624. The number of rotatable bonds is 6. The molecule has 0 unspecified atom stereocenters. The molecule has 0 spiro atoms. The van der Waals surface area contributed by atoms with Crippen molar-refractivity contribution in [2.45, 2.75) is 31.1 Å². The van der Waals surface area contributed by atoms with Crippen molar-refractivity contribution < 1.29 is 18.0 Å². The molecule has 8 heteroatoms.